The minimum atomic E-state index is -1.47. The van der Waals surface area contributed by atoms with Gasteiger partial charge in [0, 0.05) is 26.0 Å². The summed E-state index contributed by atoms with van der Waals surface area (Å²) in [4.78, 5) is 3.94. The van der Waals surface area contributed by atoms with Gasteiger partial charge in [-0.3, -0.25) is 0 Å². The number of halogens is 1. The van der Waals surface area contributed by atoms with Gasteiger partial charge >= 0.3 is 0 Å². The van der Waals surface area contributed by atoms with E-state index in [-0.39, 0.29) is 6.54 Å². The van der Waals surface area contributed by atoms with Crippen LogP contribution in [0.15, 0.2) is 12.4 Å². The van der Waals surface area contributed by atoms with Crippen molar-refractivity contribution in [1.29, 1.82) is 0 Å². The van der Waals surface area contributed by atoms with Crippen LogP contribution in [0.1, 0.15) is 19.2 Å². The van der Waals surface area contributed by atoms with Crippen molar-refractivity contribution in [3.05, 3.63) is 18.2 Å². The van der Waals surface area contributed by atoms with E-state index in [1.165, 1.54) is 0 Å². The lowest BCUT2D eigenvalue weighted by Crippen LogP contribution is -2.32. The molecule has 0 spiro atoms. The first-order valence-electron chi connectivity index (χ1n) is 4.01. The van der Waals surface area contributed by atoms with Crippen molar-refractivity contribution in [3.63, 3.8) is 0 Å². The monoisotopic (exact) mass is 171 g/mol. The van der Waals surface area contributed by atoms with Crippen molar-refractivity contribution in [2.24, 2.45) is 12.8 Å². The predicted octanol–water partition coefficient (Wildman–Crippen LogP) is 0.954. The second-order valence-electron chi connectivity index (χ2n) is 2.88. The van der Waals surface area contributed by atoms with E-state index in [4.69, 9.17) is 5.73 Å². The van der Waals surface area contributed by atoms with Gasteiger partial charge in [-0.05, 0) is 6.42 Å². The average molecular weight is 171 g/mol. The number of imidazole rings is 1. The molecule has 0 fully saturated rings. The van der Waals surface area contributed by atoms with E-state index in [1.807, 2.05) is 0 Å². The maximum atomic E-state index is 13.9. The van der Waals surface area contributed by atoms with E-state index < -0.39 is 5.67 Å². The van der Waals surface area contributed by atoms with Crippen molar-refractivity contribution in [2.75, 3.05) is 6.54 Å². The van der Waals surface area contributed by atoms with Crippen LogP contribution in [0.25, 0.3) is 0 Å². The normalized spacial score (nSPS) is 16.0. The maximum Gasteiger partial charge on any atom is 0.180 e. The molecule has 4 heteroatoms. The Morgan fingerprint density at radius 3 is 2.75 bits per heavy atom. The molecule has 0 aliphatic carbocycles. The van der Waals surface area contributed by atoms with Gasteiger partial charge in [0.05, 0.1) is 0 Å². The van der Waals surface area contributed by atoms with Crippen LogP contribution in [-0.2, 0) is 12.7 Å². The van der Waals surface area contributed by atoms with Crippen molar-refractivity contribution in [1.82, 2.24) is 9.55 Å². The molecule has 1 unspecified atom stereocenters. The molecule has 0 aliphatic rings. The molecule has 68 valence electrons. The van der Waals surface area contributed by atoms with Crippen LogP contribution in [0.2, 0.25) is 0 Å². The smallest absolute Gasteiger partial charge is 0.180 e. The van der Waals surface area contributed by atoms with Gasteiger partial charge in [0.2, 0.25) is 0 Å². The zero-order chi connectivity index (χ0) is 9.19. The number of nitrogens with two attached hydrogens (primary N) is 1. The molecular weight excluding hydrogens is 157 g/mol. The lowest BCUT2D eigenvalue weighted by Gasteiger charge is -2.20. The fourth-order valence-electron chi connectivity index (χ4n) is 1.19. The number of hydrogen-bond acceptors (Lipinski definition) is 2. The van der Waals surface area contributed by atoms with Crippen LogP contribution in [0, 0.1) is 0 Å². The Morgan fingerprint density at radius 1 is 1.75 bits per heavy atom. The first-order valence-corrected chi connectivity index (χ1v) is 4.01. The summed E-state index contributed by atoms with van der Waals surface area (Å²) < 4.78 is 15.5. The summed E-state index contributed by atoms with van der Waals surface area (Å²) >= 11 is 0. The third kappa shape index (κ3) is 1.34. The Bertz CT molecular complexity index is 253. The molecule has 1 aromatic heterocycles. The number of alkyl halides is 1. The Morgan fingerprint density at radius 2 is 2.42 bits per heavy atom. The van der Waals surface area contributed by atoms with Crippen LogP contribution in [-0.4, -0.2) is 16.1 Å². The van der Waals surface area contributed by atoms with Gasteiger partial charge in [-0.25, -0.2) is 9.37 Å². The van der Waals surface area contributed by atoms with E-state index in [9.17, 15) is 4.39 Å². The number of hydrogen-bond donors (Lipinski definition) is 1. The SMILES string of the molecule is CCC(F)(CN)c1nccn1C. The fourth-order valence-corrected chi connectivity index (χ4v) is 1.19. The highest BCUT2D eigenvalue weighted by molar-refractivity contribution is 5.05. The molecule has 1 rings (SSSR count). The second kappa shape index (κ2) is 3.23. The molecule has 12 heavy (non-hydrogen) atoms. The Kier molecular flexibility index (Phi) is 2.47. The molecule has 3 nitrogen and oxygen atoms in total. The molecule has 0 bridgehead atoms. The zero-order valence-corrected chi connectivity index (χ0v) is 7.42. The van der Waals surface area contributed by atoms with Gasteiger partial charge < -0.3 is 10.3 Å². The second-order valence-corrected chi connectivity index (χ2v) is 2.88. The number of aromatic nitrogens is 2. The molecule has 1 aromatic rings. The minimum Gasteiger partial charge on any atom is -0.335 e. The highest BCUT2D eigenvalue weighted by Gasteiger charge is 2.31. The standard InChI is InChI=1S/C8H14FN3/c1-3-8(9,6-10)7-11-4-5-12(7)2/h4-5H,3,6,10H2,1-2H3. The lowest BCUT2D eigenvalue weighted by molar-refractivity contribution is 0.151. The highest BCUT2D eigenvalue weighted by atomic mass is 19.1. The van der Waals surface area contributed by atoms with E-state index in [0.29, 0.717) is 12.2 Å². The van der Waals surface area contributed by atoms with Crippen LogP contribution >= 0.6 is 0 Å². The topological polar surface area (TPSA) is 43.8 Å². The van der Waals surface area contributed by atoms with Gasteiger partial charge in [-0.15, -0.1) is 0 Å². The zero-order valence-electron chi connectivity index (χ0n) is 7.42. The van der Waals surface area contributed by atoms with Crippen molar-refractivity contribution >= 4 is 0 Å². The van der Waals surface area contributed by atoms with Crippen LogP contribution in [0.4, 0.5) is 4.39 Å². The largest absolute Gasteiger partial charge is 0.335 e. The van der Waals surface area contributed by atoms with Gasteiger partial charge in [-0.2, -0.15) is 0 Å². The predicted molar refractivity (Wildman–Crippen MR) is 45.3 cm³/mol. The summed E-state index contributed by atoms with van der Waals surface area (Å²) in [7, 11) is 1.77. The van der Waals surface area contributed by atoms with Crippen molar-refractivity contribution < 1.29 is 4.39 Å². The molecule has 0 aliphatic heterocycles. The summed E-state index contributed by atoms with van der Waals surface area (Å²) in [6.45, 7) is 1.75. The minimum absolute atomic E-state index is 0.0195. The third-order valence-electron chi connectivity index (χ3n) is 2.11. The van der Waals surface area contributed by atoms with Gasteiger partial charge in [0.15, 0.2) is 5.67 Å². The number of nitrogens with zero attached hydrogens (tertiary/aromatic N) is 2. The molecule has 2 N–H and O–H groups in total. The molecule has 0 aromatic carbocycles. The third-order valence-corrected chi connectivity index (χ3v) is 2.11. The van der Waals surface area contributed by atoms with Crippen LogP contribution in [0.5, 0.6) is 0 Å². The quantitative estimate of drug-likeness (QED) is 0.736. The summed E-state index contributed by atoms with van der Waals surface area (Å²) in [5, 5.41) is 0. The highest BCUT2D eigenvalue weighted by Crippen LogP contribution is 2.26. The van der Waals surface area contributed by atoms with Gasteiger partial charge in [-0.1, -0.05) is 6.92 Å². The van der Waals surface area contributed by atoms with Crippen LogP contribution in [0.3, 0.4) is 0 Å². The fraction of sp³-hybridized carbons (Fsp3) is 0.625. The summed E-state index contributed by atoms with van der Waals surface area (Å²) in [6, 6.07) is 0. The molecular formula is C8H14FN3. The van der Waals surface area contributed by atoms with Gasteiger partial charge in [0.1, 0.15) is 5.82 Å². The Balaban J connectivity index is 3.02. The number of aryl methyl sites for hydroxylation is 1. The van der Waals surface area contributed by atoms with E-state index >= 15 is 0 Å². The summed E-state index contributed by atoms with van der Waals surface area (Å²) in [5.74, 6) is 0.410. The van der Waals surface area contributed by atoms with Crippen molar-refractivity contribution in [3.8, 4) is 0 Å². The molecule has 0 saturated carbocycles. The Labute approximate surface area is 71.4 Å². The molecule has 1 heterocycles. The summed E-state index contributed by atoms with van der Waals surface area (Å²) in [6.07, 6.45) is 3.65. The van der Waals surface area contributed by atoms with E-state index in [2.05, 4.69) is 4.98 Å². The Hall–Kier alpha value is -0.900. The molecule has 0 saturated heterocycles. The van der Waals surface area contributed by atoms with E-state index in [1.54, 1.807) is 30.9 Å². The average Bonchev–Trinajstić information content (AvgIpc) is 2.51. The van der Waals surface area contributed by atoms with Gasteiger partial charge in [0.25, 0.3) is 0 Å². The van der Waals surface area contributed by atoms with Crippen LogP contribution < -0.4 is 5.73 Å². The lowest BCUT2D eigenvalue weighted by atomic mass is 10.0. The summed E-state index contributed by atoms with van der Waals surface area (Å²) in [5.41, 5.74) is 3.88. The molecule has 0 radical (unpaired) electrons. The van der Waals surface area contributed by atoms with Crippen molar-refractivity contribution in [2.45, 2.75) is 19.0 Å². The number of rotatable bonds is 3. The molecule has 1 atom stereocenters. The first kappa shape index (κ1) is 9.19. The maximum absolute atomic E-state index is 13.9. The first-order chi connectivity index (χ1) is 5.64. The molecule has 0 amide bonds. The van der Waals surface area contributed by atoms with E-state index in [0.717, 1.165) is 0 Å².